The molecule has 1 aromatic heterocycles. The maximum atomic E-state index is 12.3. The number of benzene rings is 1. The summed E-state index contributed by atoms with van der Waals surface area (Å²) < 4.78 is 1.89. The van der Waals surface area contributed by atoms with Gasteiger partial charge in [-0.1, -0.05) is 18.6 Å². The Balaban J connectivity index is 1.75. The SMILES string of the molecule is NCC1(CC(=O)Nc2ccccc2-n2ccnc2)CCC1. The first kappa shape index (κ1) is 13.8. The molecule has 0 saturated heterocycles. The topological polar surface area (TPSA) is 72.9 Å². The summed E-state index contributed by atoms with van der Waals surface area (Å²) in [4.78, 5) is 16.4. The van der Waals surface area contributed by atoms with Gasteiger partial charge in [-0.3, -0.25) is 4.79 Å². The second-order valence-corrected chi connectivity index (χ2v) is 5.77. The number of aromatic nitrogens is 2. The Bertz CT molecular complexity index is 611. The van der Waals surface area contributed by atoms with Crippen LogP contribution in [-0.4, -0.2) is 22.0 Å². The van der Waals surface area contributed by atoms with E-state index in [1.165, 1.54) is 6.42 Å². The Morgan fingerprint density at radius 3 is 2.81 bits per heavy atom. The average Bonchev–Trinajstić information content (AvgIpc) is 2.97. The third-order valence-electron chi connectivity index (χ3n) is 4.34. The van der Waals surface area contributed by atoms with Crippen molar-refractivity contribution in [2.24, 2.45) is 11.1 Å². The molecule has 0 spiro atoms. The van der Waals surface area contributed by atoms with Crippen LogP contribution >= 0.6 is 0 Å². The minimum atomic E-state index is 0.0219. The predicted octanol–water partition coefficient (Wildman–Crippen LogP) is 2.33. The van der Waals surface area contributed by atoms with E-state index in [0.29, 0.717) is 13.0 Å². The van der Waals surface area contributed by atoms with Crippen LogP contribution in [0.1, 0.15) is 25.7 Å². The van der Waals surface area contributed by atoms with Crippen molar-refractivity contribution in [3.63, 3.8) is 0 Å². The molecule has 0 bridgehead atoms. The standard InChI is InChI=1S/C16H20N4O/c17-11-16(6-3-7-16)10-15(21)19-13-4-1-2-5-14(13)20-9-8-18-12-20/h1-2,4-5,8-9,12H,3,6-7,10-11,17H2,(H,19,21). The Hall–Kier alpha value is -2.14. The third-order valence-corrected chi connectivity index (χ3v) is 4.34. The Labute approximate surface area is 124 Å². The first-order valence-corrected chi connectivity index (χ1v) is 7.30. The number of nitrogens with two attached hydrogens (primary N) is 1. The zero-order valence-electron chi connectivity index (χ0n) is 12.0. The van der Waals surface area contributed by atoms with Crippen LogP contribution in [0.15, 0.2) is 43.0 Å². The Kier molecular flexibility index (Phi) is 3.75. The molecule has 1 heterocycles. The highest BCUT2D eigenvalue weighted by Gasteiger charge is 2.37. The number of amides is 1. The van der Waals surface area contributed by atoms with E-state index in [0.717, 1.165) is 24.2 Å². The molecule has 1 aliphatic carbocycles. The fraction of sp³-hybridized carbons (Fsp3) is 0.375. The van der Waals surface area contributed by atoms with Gasteiger partial charge in [0.15, 0.2) is 0 Å². The average molecular weight is 284 g/mol. The summed E-state index contributed by atoms with van der Waals surface area (Å²) >= 11 is 0. The molecule has 3 rings (SSSR count). The molecule has 0 atom stereocenters. The van der Waals surface area contributed by atoms with Gasteiger partial charge >= 0.3 is 0 Å². The third kappa shape index (κ3) is 2.83. The lowest BCUT2D eigenvalue weighted by atomic mass is 9.66. The van der Waals surface area contributed by atoms with Gasteiger partial charge in [-0.25, -0.2) is 4.98 Å². The van der Waals surface area contributed by atoms with Crippen LogP contribution in [0, 0.1) is 5.41 Å². The summed E-state index contributed by atoms with van der Waals surface area (Å²) in [6.45, 7) is 0.587. The van der Waals surface area contributed by atoms with Gasteiger partial charge in [-0.05, 0) is 36.9 Å². The van der Waals surface area contributed by atoms with Crippen LogP contribution in [0.2, 0.25) is 0 Å². The maximum absolute atomic E-state index is 12.3. The molecular weight excluding hydrogens is 264 g/mol. The van der Waals surface area contributed by atoms with E-state index >= 15 is 0 Å². The van der Waals surface area contributed by atoms with E-state index in [4.69, 9.17) is 5.73 Å². The molecule has 110 valence electrons. The van der Waals surface area contributed by atoms with Crippen molar-refractivity contribution >= 4 is 11.6 Å². The summed E-state index contributed by atoms with van der Waals surface area (Å²) in [5.74, 6) is 0.0349. The fourth-order valence-electron chi connectivity index (χ4n) is 2.87. The molecule has 2 aromatic rings. The van der Waals surface area contributed by atoms with Crippen molar-refractivity contribution in [2.75, 3.05) is 11.9 Å². The van der Waals surface area contributed by atoms with E-state index in [2.05, 4.69) is 10.3 Å². The highest BCUT2D eigenvalue weighted by atomic mass is 16.1. The van der Waals surface area contributed by atoms with Gasteiger partial charge < -0.3 is 15.6 Å². The summed E-state index contributed by atoms with van der Waals surface area (Å²) in [5, 5.41) is 3.01. The molecule has 21 heavy (non-hydrogen) atoms. The van der Waals surface area contributed by atoms with Gasteiger partial charge in [0.25, 0.3) is 0 Å². The number of anilines is 1. The van der Waals surface area contributed by atoms with Gasteiger partial charge in [-0.2, -0.15) is 0 Å². The van der Waals surface area contributed by atoms with Gasteiger partial charge in [0, 0.05) is 18.8 Å². The smallest absolute Gasteiger partial charge is 0.225 e. The minimum absolute atomic E-state index is 0.0219. The molecule has 5 nitrogen and oxygen atoms in total. The van der Waals surface area contributed by atoms with Crippen LogP contribution in [0.4, 0.5) is 5.69 Å². The van der Waals surface area contributed by atoms with Gasteiger partial charge in [-0.15, -0.1) is 0 Å². The lowest BCUT2D eigenvalue weighted by molar-refractivity contribution is -0.119. The summed E-state index contributed by atoms with van der Waals surface area (Å²) in [7, 11) is 0. The number of para-hydroxylation sites is 2. The van der Waals surface area contributed by atoms with Crippen LogP contribution in [0.5, 0.6) is 0 Å². The highest BCUT2D eigenvalue weighted by molar-refractivity contribution is 5.93. The van der Waals surface area contributed by atoms with Gasteiger partial charge in [0.2, 0.25) is 5.91 Å². The molecule has 0 radical (unpaired) electrons. The van der Waals surface area contributed by atoms with Crippen molar-refractivity contribution in [1.82, 2.24) is 9.55 Å². The fourth-order valence-corrected chi connectivity index (χ4v) is 2.87. The summed E-state index contributed by atoms with van der Waals surface area (Å²) in [6, 6.07) is 7.72. The number of nitrogens with one attached hydrogen (secondary N) is 1. The number of hydrogen-bond donors (Lipinski definition) is 2. The number of rotatable bonds is 5. The van der Waals surface area contributed by atoms with E-state index in [1.807, 2.05) is 35.0 Å². The first-order valence-electron chi connectivity index (χ1n) is 7.30. The number of hydrogen-bond acceptors (Lipinski definition) is 3. The number of carbonyl (C=O) groups is 1. The van der Waals surface area contributed by atoms with Crippen molar-refractivity contribution < 1.29 is 4.79 Å². The first-order chi connectivity index (χ1) is 10.2. The molecular formula is C16H20N4O. The van der Waals surface area contributed by atoms with Crippen LogP contribution in [0.25, 0.3) is 5.69 Å². The van der Waals surface area contributed by atoms with Gasteiger partial charge in [0.1, 0.15) is 0 Å². The lowest BCUT2D eigenvalue weighted by Crippen LogP contribution is -2.40. The molecule has 1 saturated carbocycles. The molecule has 5 heteroatoms. The second kappa shape index (κ2) is 5.69. The van der Waals surface area contributed by atoms with Crippen LogP contribution in [0.3, 0.4) is 0 Å². The second-order valence-electron chi connectivity index (χ2n) is 5.77. The highest BCUT2D eigenvalue weighted by Crippen LogP contribution is 2.43. The normalized spacial score (nSPS) is 16.2. The Morgan fingerprint density at radius 1 is 1.38 bits per heavy atom. The van der Waals surface area contributed by atoms with E-state index in [1.54, 1.807) is 12.5 Å². The molecule has 1 aliphatic rings. The molecule has 0 unspecified atom stereocenters. The Morgan fingerprint density at radius 2 is 2.19 bits per heavy atom. The molecule has 1 fully saturated rings. The molecule has 0 aliphatic heterocycles. The van der Waals surface area contributed by atoms with Crippen LogP contribution < -0.4 is 11.1 Å². The summed E-state index contributed by atoms with van der Waals surface area (Å²) in [6.07, 6.45) is 9.09. The van der Waals surface area contributed by atoms with Crippen molar-refractivity contribution in [2.45, 2.75) is 25.7 Å². The molecule has 1 amide bonds. The zero-order valence-corrected chi connectivity index (χ0v) is 12.0. The number of carbonyl (C=O) groups excluding carboxylic acids is 1. The molecule has 1 aromatic carbocycles. The predicted molar refractivity (Wildman–Crippen MR) is 82.1 cm³/mol. The zero-order chi connectivity index (χ0) is 14.7. The largest absolute Gasteiger partial charge is 0.330 e. The van der Waals surface area contributed by atoms with Crippen molar-refractivity contribution in [3.8, 4) is 5.69 Å². The monoisotopic (exact) mass is 284 g/mol. The van der Waals surface area contributed by atoms with E-state index in [9.17, 15) is 4.79 Å². The van der Waals surface area contributed by atoms with E-state index < -0.39 is 0 Å². The van der Waals surface area contributed by atoms with Gasteiger partial charge in [0.05, 0.1) is 17.7 Å². The van der Waals surface area contributed by atoms with E-state index in [-0.39, 0.29) is 11.3 Å². The number of imidazole rings is 1. The van der Waals surface area contributed by atoms with Crippen molar-refractivity contribution in [3.05, 3.63) is 43.0 Å². The minimum Gasteiger partial charge on any atom is -0.330 e. The quantitative estimate of drug-likeness (QED) is 0.885. The lowest BCUT2D eigenvalue weighted by Gasteiger charge is -2.40. The van der Waals surface area contributed by atoms with Crippen LogP contribution in [-0.2, 0) is 4.79 Å². The van der Waals surface area contributed by atoms with Crippen molar-refractivity contribution in [1.29, 1.82) is 0 Å². The number of nitrogens with zero attached hydrogens (tertiary/aromatic N) is 2. The maximum Gasteiger partial charge on any atom is 0.225 e. The summed E-state index contributed by atoms with van der Waals surface area (Å²) in [5.41, 5.74) is 7.56. The molecule has 3 N–H and O–H groups in total.